The quantitative estimate of drug-likeness (QED) is 0.683. The van der Waals surface area contributed by atoms with Gasteiger partial charge in [-0.2, -0.15) is 4.99 Å². The molecule has 30 heavy (non-hydrogen) atoms. The lowest BCUT2D eigenvalue weighted by Gasteiger charge is -2.24. The molecule has 2 atom stereocenters. The van der Waals surface area contributed by atoms with Crippen LogP contribution >= 0.6 is 23.4 Å². The van der Waals surface area contributed by atoms with Gasteiger partial charge in [-0.1, -0.05) is 29.4 Å². The lowest BCUT2D eigenvalue weighted by Crippen LogP contribution is -2.37. The number of hydrogen-bond donors (Lipinski definition) is 0. The highest BCUT2D eigenvalue weighted by Crippen LogP contribution is 2.41. The van der Waals surface area contributed by atoms with Crippen LogP contribution in [0, 0.1) is 0 Å². The number of carbonyl (C=O) groups excluding carboxylic acids is 1. The third-order valence-corrected chi connectivity index (χ3v) is 8.43. The van der Waals surface area contributed by atoms with Crippen molar-refractivity contribution >= 4 is 50.0 Å². The summed E-state index contributed by atoms with van der Waals surface area (Å²) in [6.45, 7) is 0. The van der Waals surface area contributed by atoms with Crippen molar-refractivity contribution in [3.63, 3.8) is 0 Å². The van der Waals surface area contributed by atoms with Gasteiger partial charge < -0.3 is 14.4 Å². The number of anilines is 1. The van der Waals surface area contributed by atoms with E-state index in [1.54, 1.807) is 36.4 Å². The predicted molar refractivity (Wildman–Crippen MR) is 119 cm³/mol. The number of carbonyl (C=O) groups is 1. The van der Waals surface area contributed by atoms with Gasteiger partial charge in [-0.05, 0) is 36.4 Å². The summed E-state index contributed by atoms with van der Waals surface area (Å²) in [6, 6.07) is 11.6. The van der Waals surface area contributed by atoms with Gasteiger partial charge in [-0.3, -0.25) is 4.79 Å². The first-order valence-corrected chi connectivity index (χ1v) is 12.2. The van der Waals surface area contributed by atoms with Crippen molar-refractivity contribution in [2.24, 2.45) is 4.99 Å². The molecule has 7 nitrogen and oxygen atoms in total. The Morgan fingerprint density at radius 1 is 1.13 bits per heavy atom. The highest BCUT2D eigenvalue weighted by atomic mass is 35.5. The molecule has 0 unspecified atom stereocenters. The molecule has 1 amide bonds. The minimum Gasteiger partial charge on any atom is -0.493 e. The Hall–Kier alpha value is -2.23. The summed E-state index contributed by atoms with van der Waals surface area (Å²) in [5.74, 6) is 0.562. The molecule has 2 aliphatic heterocycles. The zero-order valence-electron chi connectivity index (χ0n) is 16.2. The van der Waals surface area contributed by atoms with Crippen LogP contribution in [0.25, 0.3) is 0 Å². The van der Waals surface area contributed by atoms with Crippen LogP contribution in [0.15, 0.2) is 47.5 Å². The molecule has 10 heteroatoms. The molecule has 2 saturated heterocycles. The molecule has 4 rings (SSSR count). The summed E-state index contributed by atoms with van der Waals surface area (Å²) in [4.78, 5) is 19.0. The average Bonchev–Trinajstić information content (AvgIpc) is 3.17. The number of rotatable bonds is 4. The molecule has 0 aromatic heterocycles. The maximum absolute atomic E-state index is 12.9. The highest BCUT2D eigenvalue weighted by Gasteiger charge is 2.49. The fraction of sp³-hybridized carbons (Fsp3) is 0.300. The summed E-state index contributed by atoms with van der Waals surface area (Å²) in [7, 11) is -0.131. The number of fused-ring (bicyclic) bond motifs is 1. The lowest BCUT2D eigenvalue weighted by molar-refractivity contribution is 0.100. The van der Waals surface area contributed by atoms with E-state index in [-0.39, 0.29) is 22.8 Å². The van der Waals surface area contributed by atoms with E-state index < -0.39 is 15.7 Å². The van der Waals surface area contributed by atoms with E-state index in [4.69, 9.17) is 21.1 Å². The second-order valence-electron chi connectivity index (χ2n) is 6.92. The number of sulfone groups is 1. The second-order valence-corrected chi connectivity index (χ2v) is 10.7. The van der Waals surface area contributed by atoms with Gasteiger partial charge in [0, 0.05) is 21.5 Å². The number of hydrogen-bond acceptors (Lipinski definition) is 6. The number of amidine groups is 1. The SMILES string of the molecule is COc1ccc(C(=O)N=C2S[C@H]3CS(=O)(=O)C[C@@H]3N2c2cccc(Cl)c2)cc1OC. The summed E-state index contributed by atoms with van der Waals surface area (Å²) in [6.07, 6.45) is 0. The zero-order valence-corrected chi connectivity index (χ0v) is 18.6. The largest absolute Gasteiger partial charge is 0.493 e. The Labute approximate surface area is 183 Å². The summed E-state index contributed by atoms with van der Waals surface area (Å²) >= 11 is 7.46. The normalized spacial score (nSPS) is 23.4. The topological polar surface area (TPSA) is 85.3 Å². The number of aliphatic imine (C=N–C) groups is 1. The molecule has 0 N–H and O–H groups in total. The van der Waals surface area contributed by atoms with Gasteiger partial charge in [0.15, 0.2) is 26.5 Å². The fourth-order valence-electron chi connectivity index (χ4n) is 3.61. The fourth-order valence-corrected chi connectivity index (χ4v) is 7.71. The van der Waals surface area contributed by atoms with Crippen molar-refractivity contribution in [3.05, 3.63) is 53.1 Å². The minimum atomic E-state index is -3.14. The standard InChI is InChI=1S/C20H19ClN2O5S2/c1-27-16-7-6-12(8-17(16)28-2)19(24)22-20-23(14-5-3-4-13(21)9-14)15-10-30(25,26)11-18(15)29-20/h3-9,15,18H,10-11H2,1-2H3/t15-,18-/m0/s1. The van der Waals surface area contributed by atoms with Crippen molar-refractivity contribution in [2.45, 2.75) is 11.3 Å². The second kappa shape index (κ2) is 8.13. The van der Waals surface area contributed by atoms with Crippen LogP contribution in [-0.4, -0.2) is 56.5 Å². The molecule has 0 bridgehead atoms. The molecule has 0 spiro atoms. The van der Waals surface area contributed by atoms with Gasteiger partial charge in [0.05, 0.1) is 31.8 Å². The molecule has 2 fully saturated rings. The third kappa shape index (κ3) is 4.01. The Morgan fingerprint density at radius 2 is 1.90 bits per heavy atom. The first kappa shape index (κ1) is 21.0. The molecular formula is C20H19ClN2O5S2. The maximum Gasteiger partial charge on any atom is 0.279 e. The van der Waals surface area contributed by atoms with Crippen molar-refractivity contribution < 1.29 is 22.7 Å². The summed E-state index contributed by atoms with van der Waals surface area (Å²) in [5, 5.41) is 0.792. The smallest absolute Gasteiger partial charge is 0.279 e. The number of benzene rings is 2. The minimum absolute atomic E-state index is 0.0146. The Balaban J connectivity index is 1.71. The monoisotopic (exact) mass is 466 g/mol. The van der Waals surface area contributed by atoms with Gasteiger partial charge in [-0.15, -0.1) is 0 Å². The van der Waals surface area contributed by atoms with Crippen LogP contribution in [0.1, 0.15) is 10.4 Å². The van der Waals surface area contributed by atoms with Crippen molar-refractivity contribution in [1.29, 1.82) is 0 Å². The molecule has 158 valence electrons. The summed E-state index contributed by atoms with van der Waals surface area (Å²) < 4.78 is 34.8. The Morgan fingerprint density at radius 3 is 2.60 bits per heavy atom. The van der Waals surface area contributed by atoms with E-state index in [0.717, 1.165) is 0 Å². The molecule has 2 heterocycles. The van der Waals surface area contributed by atoms with Crippen LogP contribution in [-0.2, 0) is 9.84 Å². The number of thioether (sulfide) groups is 1. The molecular weight excluding hydrogens is 448 g/mol. The van der Waals surface area contributed by atoms with E-state index in [1.807, 2.05) is 11.0 Å². The van der Waals surface area contributed by atoms with Gasteiger partial charge in [0.2, 0.25) is 0 Å². The van der Waals surface area contributed by atoms with E-state index in [1.165, 1.54) is 26.0 Å². The van der Waals surface area contributed by atoms with Gasteiger partial charge >= 0.3 is 0 Å². The molecule has 0 saturated carbocycles. The zero-order chi connectivity index (χ0) is 21.5. The first-order chi connectivity index (χ1) is 14.3. The molecule has 2 aliphatic rings. The van der Waals surface area contributed by atoms with Crippen LogP contribution in [0.4, 0.5) is 5.69 Å². The number of nitrogens with zero attached hydrogens (tertiary/aromatic N) is 2. The third-order valence-electron chi connectivity index (χ3n) is 4.98. The van der Waals surface area contributed by atoms with Crippen molar-refractivity contribution in [3.8, 4) is 11.5 Å². The van der Waals surface area contributed by atoms with Gasteiger partial charge in [-0.25, -0.2) is 8.42 Å². The van der Waals surface area contributed by atoms with Crippen LogP contribution in [0.2, 0.25) is 5.02 Å². The average molecular weight is 467 g/mol. The van der Waals surface area contributed by atoms with Gasteiger partial charge in [0.1, 0.15) is 0 Å². The Bertz CT molecular complexity index is 1140. The Kier molecular flexibility index (Phi) is 5.69. The van der Waals surface area contributed by atoms with E-state index in [0.29, 0.717) is 32.9 Å². The number of amides is 1. The number of halogens is 1. The molecule has 0 radical (unpaired) electrons. The van der Waals surface area contributed by atoms with E-state index in [2.05, 4.69) is 4.99 Å². The van der Waals surface area contributed by atoms with Crippen molar-refractivity contribution in [2.75, 3.05) is 30.6 Å². The predicted octanol–water partition coefficient (Wildman–Crippen LogP) is 3.27. The molecule has 2 aromatic rings. The number of ether oxygens (including phenoxy) is 2. The van der Waals surface area contributed by atoms with Crippen molar-refractivity contribution in [1.82, 2.24) is 0 Å². The first-order valence-electron chi connectivity index (χ1n) is 9.08. The molecule has 0 aliphatic carbocycles. The van der Waals surface area contributed by atoms with Crippen LogP contribution in [0.3, 0.4) is 0 Å². The lowest BCUT2D eigenvalue weighted by atomic mass is 10.2. The van der Waals surface area contributed by atoms with E-state index in [9.17, 15) is 13.2 Å². The summed E-state index contributed by atoms with van der Waals surface area (Å²) in [5.41, 5.74) is 1.05. The number of methoxy groups -OCH3 is 2. The maximum atomic E-state index is 12.9. The van der Waals surface area contributed by atoms with Gasteiger partial charge in [0.25, 0.3) is 5.91 Å². The van der Waals surface area contributed by atoms with Crippen LogP contribution < -0.4 is 14.4 Å². The van der Waals surface area contributed by atoms with E-state index >= 15 is 0 Å². The highest BCUT2D eigenvalue weighted by molar-refractivity contribution is 8.16. The molecule has 2 aromatic carbocycles. The van der Waals surface area contributed by atoms with Crippen LogP contribution in [0.5, 0.6) is 11.5 Å².